The summed E-state index contributed by atoms with van der Waals surface area (Å²) in [5, 5.41) is 8.44. The Morgan fingerprint density at radius 3 is 2.15 bits per heavy atom. The lowest BCUT2D eigenvalue weighted by atomic mass is 9.91. The van der Waals surface area contributed by atoms with Crippen molar-refractivity contribution in [3.63, 3.8) is 0 Å². The Morgan fingerprint density at radius 2 is 1.52 bits per heavy atom. The molecule has 4 atom stereocenters. The van der Waals surface area contributed by atoms with Crippen molar-refractivity contribution >= 4 is 41.4 Å². The van der Waals surface area contributed by atoms with E-state index in [1.165, 1.54) is 51.5 Å². The number of nitrogens with zero attached hydrogens (tertiary/aromatic N) is 3. The van der Waals surface area contributed by atoms with E-state index < -0.39 is 115 Å². The van der Waals surface area contributed by atoms with Gasteiger partial charge in [-0.3, -0.25) is 28.7 Å². The van der Waals surface area contributed by atoms with Gasteiger partial charge in [-0.05, 0) is 42.7 Å². The Balaban J connectivity index is 0.000000295. The molecule has 3 aromatic carbocycles. The van der Waals surface area contributed by atoms with E-state index >= 15 is 0 Å². The van der Waals surface area contributed by atoms with E-state index in [-0.39, 0.29) is 46.0 Å². The average molecular weight is 996 g/mol. The minimum Gasteiger partial charge on any atom is -0.493 e. The number of carbonyl (C=O) groups excluding carboxylic acids is 6. The summed E-state index contributed by atoms with van der Waals surface area (Å²) in [7, 11) is 2.73. The van der Waals surface area contributed by atoms with Crippen LogP contribution in [-0.2, 0) is 51.6 Å². The number of hydrogen-bond donors (Lipinski definition) is 2. The molecule has 0 aliphatic carbocycles. The van der Waals surface area contributed by atoms with Crippen LogP contribution >= 0.6 is 0 Å². The second-order valence-electron chi connectivity index (χ2n) is 16.4. The standard InChI is InChI=1S/C31H38N2O11.C18H12F5N3O/c1-17(2)28(35)42-16-41-26-23(39-6)12-13-32-24(26)27(34)33-22-15-40-30(37)21(14-20-10-8-7-9-11-20)25(19(5)43-31(22)38)44-29(36)18(3)4;1-26-8-11(16(25-26)17(22)23)18(27)24-14-5-3-2-4-10(14)9-6-12(19)15(21)13(20)7-9/h7-13,17-19,21-22,25H,14-16H2,1-6H3,(H,33,34);2-8,17H,1H3,(H,24,27)/t19-,21+,22-,25-;/m0./s1. The largest absolute Gasteiger partial charge is 0.493 e. The molecule has 0 bridgehead atoms. The Bertz CT molecular complexity index is 2700. The fourth-order valence-corrected chi connectivity index (χ4v) is 6.77. The topological polar surface area (TPSA) is 213 Å². The van der Waals surface area contributed by atoms with Crippen LogP contribution in [0, 0.1) is 35.2 Å². The quantitative estimate of drug-likeness (QED) is 0.0346. The predicted molar refractivity (Wildman–Crippen MR) is 241 cm³/mol. The van der Waals surface area contributed by atoms with Crippen molar-refractivity contribution in [2.75, 3.05) is 25.8 Å². The molecule has 2 aromatic heterocycles. The number of pyridine rings is 1. The van der Waals surface area contributed by atoms with Gasteiger partial charge >= 0.3 is 23.9 Å². The molecule has 22 heteroatoms. The minimum absolute atomic E-state index is 0.0254. The number of ether oxygens (including phenoxy) is 6. The summed E-state index contributed by atoms with van der Waals surface area (Å²) in [6.45, 7) is 6.98. The van der Waals surface area contributed by atoms with Crippen LogP contribution in [0.2, 0.25) is 0 Å². The third-order valence-corrected chi connectivity index (χ3v) is 10.4. The summed E-state index contributed by atoms with van der Waals surface area (Å²) < 4.78 is 100. The van der Waals surface area contributed by atoms with Gasteiger partial charge in [0.15, 0.2) is 46.8 Å². The molecule has 3 heterocycles. The highest BCUT2D eigenvalue weighted by Crippen LogP contribution is 2.33. The number of esters is 4. The first-order chi connectivity index (χ1) is 33.7. The highest BCUT2D eigenvalue weighted by molar-refractivity contribution is 6.07. The number of halogens is 5. The van der Waals surface area contributed by atoms with Crippen molar-refractivity contribution in [1.29, 1.82) is 0 Å². The molecule has 1 saturated heterocycles. The monoisotopic (exact) mass is 995 g/mol. The summed E-state index contributed by atoms with van der Waals surface area (Å²) >= 11 is 0. The van der Waals surface area contributed by atoms with Crippen LogP contribution in [0.4, 0.5) is 27.6 Å². The Labute approximate surface area is 403 Å². The summed E-state index contributed by atoms with van der Waals surface area (Å²) in [4.78, 5) is 80.9. The number of para-hydroxylation sites is 1. The van der Waals surface area contributed by atoms with Gasteiger partial charge < -0.3 is 39.1 Å². The van der Waals surface area contributed by atoms with Crippen LogP contribution in [0.3, 0.4) is 0 Å². The zero-order valence-electron chi connectivity index (χ0n) is 39.4. The number of nitrogens with one attached hydrogen (secondary N) is 2. The van der Waals surface area contributed by atoms with Gasteiger partial charge in [0.2, 0.25) is 6.79 Å². The molecule has 0 spiro atoms. The third-order valence-electron chi connectivity index (χ3n) is 10.4. The van der Waals surface area contributed by atoms with Gasteiger partial charge in [-0.15, -0.1) is 0 Å². The number of aromatic nitrogens is 3. The molecular formula is C49H50F5N5O12. The van der Waals surface area contributed by atoms with Crippen LogP contribution < -0.4 is 20.1 Å². The van der Waals surface area contributed by atoms with E-state index in [0.717, 1.165) is 28.6 Å². The van der Waals surface area contributed by atoms with Gasteiger partial charge in [-0.2, -0.15) is 5.10 Å². The first-order valence-electron chi connectivity index (χ1n) is 21.8. The molecule has 2 amide bonds. The van der Waals surface area contributed by atoms with Crippen molar-refractivity contribution in [2.45, 2.75) is 65.7 Å². The molecule has 71 heavy (non-hydrogen) atoms. The SMILES string of the molecule is COc1ccnc(C(=O)N[C@H]2COC(=O)[C@H](Cc3ccccc3)[C@@H](OC(=O)C(C)C)[C@H](C)OC2=O)c1OCOC(=O)C(C)C.Cn1cc(C(=O)Nc2ccccc2-c2cc(F)c(F)c(F)c2)c(C(F)F)n1. The summed E-state index contributed by atoms with van der Waals surface area (Å²) in [5.74, 6) is -10.9. The number of aryl methyl sites for hydroxylation is 1. The van der Waals surface area contributed by atoms with E-state index in [4.69, 9.17) is 28.4 Å². The molecule has 1 fully saturated rings. The Hall–Kier alpha value is -7.91. The van der Waals surface area contributed by atoms with Gasteiger partial charge in [0.05, 0.1) is 24.5 Å². The molecule has 2 N–H and O–H groups in total. The number of anilines is 1. The predicted octanol–water partition coefficient (Wildman–Crippen LogP) is 7.33. The lowest BCUT2D eigenvalue weighted by Crippen LogP contribution is -2.47. The molecule has 0 saturated carbocycles. The van der Waals surface area contributed by atoms with Gasteiger partial charge in [-0.25, -0.2) is 31.7 Å². The second-order valence-corrected chi connectivity index (χ2v) is 16.4. The number of amides is 2. The van der Waals surface area contributed by atoms with Gasteiger partial charge in [0.1, 0.15) is 24.3 Å². The fraction of sp³-hybridized carbons (Fsp3) is 0.347. The van der Waals surface area contributed by atoms with Gasteiger partial charge in [-0.1, -0.05) is 76.2 Å². The van der Waals surface area contributed by atoms with E-state index in [0.29, 0.717) is 0 Å². The van der Waals surface area contributed by atoms with Crippen LogP contribution in [0.15, 0.2) is 85.2 Å². The zero-order valence-corrected chi connectivity index (χ0v) is 39.4. The van der Waals surface area contributed by atoms with Gasteiger partial charge in [0.25, 0.3) is 18.2 Å². The van der Waals surface area contributed by atoms with Gasteiger partial charge in [0, 0.05) is 36.8 Å². The molecule has 6 rings (SSSR count). The number of benzene rings is 3. The van der Waals surface area contributed by atoms with Crippen LogP contribution in [0.5, 0.6) is 11.5 Å². The number of carbonyl (C=O) groups is 6. The summed E-state index contributed by atoms with van der Waals surface area (Å²) in [6.07, 6.45) is -2.63. The van der Waals surface area contributed by atoms with Crippen molar-refractivity contribution in [1.82, 2.24) is 20.1 Å². The third kappa shape index (κ3) is 14.1. The van der Waals surface area contributed by atoms with Crippen molar-refractivity contribution in [2.24, 2.45) is 24.8 Å². The van der Waals surface area contributed by atoms with E-state index in [9.17, 15) is 50.7 Å². The highest BCUT2D eigenvalue weighted by Gasteiger charge is 2.42. The lowest BCUT2D eigenvalue weighted by Gasteiger charge is -2.29. The maximum absolute atomic E-state index is 13.5. The summed E-state index contributed by atoms with van der Waals surface area (Å²) in [6, 6.07) is 16.5. The van der Waals surface area contributed by atoms with E-state index in [1.807, 2.05) is 18.2 Å². The fourth-order valence-electron chi connectivity index (χ4n) is 6.77. The van der Waals surface area contributed by atoms with Crippen molar-refractivity contribution in [3.8, 4) is 22.6 Å². The number of cyclic esters (lactones) is 2. The summed E-state index contributed by atoms with van der Waals surface area (Å²) in [5.41, 5.74) is -0.267. The molecular weight excluding hydrogens is 946 g/mol. The van der Waals surface area contributed by atoms with Crippen LogP contribution in [0.25, 0.3) is 11.1 Å². The maximum Gasteiger partial charge on any atom is 0.332 e. The number of hydrogen-bond acceptors (Lipinski definition) is 14. The molecule has 0 radical (unpaired) electrons. The molecule has 0 unspecified atom stereocenters. The van der Waals surface area contributed by atoms with Crippen molar-refractivity contribution in [3.05, 3.63) is 125 Å². The molecule has 5 aromatic rings. The molecule has 17 nitrogen and oxygen atoms in total. The Kier molecular flexibility index (Phi) is 18.7. The van der Waals surface area contributed by atoms with E-state index in [1.54, 1.807) is 45.9 Å². The number of rotatable bonds is 15. The molecule has 1 aliphatic heterocycles. The number of alkyl halides is 2. The lowest BCUT2D eigenvalue weighted by molar-refractivity contribution is -0.176. The van der Waals surface area contributed by atoms with Crippen molar-refractivity contribution < 1.29 is 79.1 Å². The molecule has 378 valence electrons. The van der Waals surface area contributed by atoms with Crippen LogP contribution in [-0.4, -0.2) is 89.2 Å². The minimum atomic E-state index is -2.96. The average Bonchev–Trinajstić information content (AvgIpc) is 3.76. The number of methoxy groups -OCH3 is 1. The molecule has 1 aliphatic rings. The first kappa shape index (κ1) is 54.0. The second kappa shape index (κ2) is 24.6. The van der Waals surface area contributed by atoms with Crippen LogP contribution in [0.1, 0.15) is 73.1 Å². The van der Waals surface area contributed by atoms with E-state index in [2.05, 4.69) is 20.7 Å². The Morgan fingerprint density at radius 1 is 0.873 bits per heavy atom. The zero-order chi connectivity index (χ0) is 52.1. The normalized spacial score (nSPS) is 16.8. The smallest absolute Gasteiger partial charge is 0.332 e. The highest BCUT2D eigenvalue weighted by atomic mass is 19.3. The first-order valence-corrected chi connectivity index (χ1v) is 21.8. The maximum atomic E-state index is 13.5.